The molecule has 9 heteroatoms. The van der Waals surface area contributed by atoms with Crippen LogP contribution in [0.25, 0.3) is 0 Å². The van der Waals surface area contributed by atoms with Crippen molar-refractivity contribution in [2.75, 3.05) is 50.2 Å². The maximum atomic E-state index is 12.2. The smallest absolute Gasteiger partial charge is 0.293 e. The minimum atomic E-state index is -0.131. The van der Waals surface area contributed by atoms with Gasteiger partial charge in [-0.05, 0) is 0 Å². The lowest BCUT2D eigenvalue weighted by Crippen LogP contribution is -2.48. The van der Waals surface area contributed by atoms with Crippen LogP contribution >= 0.6 is 0 Å². The Morgan fingerprint density at radius 1 is 1.40 bits per heavy atom. The van der Waals surface area contributed by atoms with Gasteiger partial charge in [0.25, 0.3) is 5.56 Å². The second kappa shape index (κ2) is 7.47. The molecule has 1 saturated heterocycles. The second-order valence-corrected chi connectivity index (χ2v) is 5.89. The summed E-state index contributed by atoms with van der Waals surface area (Å²) in [6, 6.07) is 1.71. The first-order valence-electron chi connectivity index (χ1n) is 8.05. The number of rotatable bonds is 5. The Labute approximate surface area is 145 Å². The van der Waals surface area contributed by atoms with Crippen LogP contribution in [0, 0.1) is 0 Å². The molecule has 0 spiro atoms. The van der Waals surface area contributed by atoms with E-state index in [1.54, 1.807) is 38.8 Å². The molecule has 0 radical (unpaired) electrons. The van der Waals surface area contributed by atoms with E-state index in [2.05, 4.69) is 19.9 Å². The van der Waals surface area contributed by atoms with Gasteiger partial charge in [0.05, 0.1) is 19.8 Å². The molecule has 1 atom stereocenters. The number of ether oxygens (including phenoxy) is 2. The fraction of sp³-hybridized carbons (Fsp3) is 0.500. The third kappa shape index (κ3) is 3.87. The lowest BCUT2D eigenvalue weighted by molar-refractivity contribution is 0.0452. The van der Waals surface area contributed by atoms with Crippen LogP contribution in [-0.4, -0.2) is 66.0 Å². The SMILES string of the molecule is COc1ccnc(N2CCO[C@@H](CN(C)c3nccn(C)c3=O)C2)n1. The molecule has 0 N–H and O–H groups in total. The Kier molecular flexibility index (Phi) is 5.13. The number of likely N-dealkylation sites (N-methyl/N-ethyl adjacent to an activating group) is 1. The van der Waals surface area contributed by atoms with Crippen molar-refractivity contribution in [1.29, 1.82) is 0 Å². The van der Waals surface area contributed by atoms with Crippen molar-refractivity contribution in [3.63, 3.8) is 0 Å². The van der Waals surface area contributed by atoms with Gasteiger partial charge in [0, 0.05) is 58.4 Å². The summed E-state index contributed by atoms with van der Waals surface area (Å²) in [5.74, 6) is 1.55. The molecule has 0 saturated carbocycles. The zero-order valence-electron chi connectivity index (χ0n) is 14.6. The summed E-state index contributed by atoms with van der Waals surface area (Å²) < 4.78 is 12.5. The average molecular weight is 346 g/mol. The lowest BCUT2D eigenvalue weighted by atomic mass is 10.2. The third-order valence-corrected chi connectivity index (χ3v) is 4.09. The highest BCUT2D eigenvalue weighted by Crippen LogP contribution is 2.16. The molecule has 1 aliphatic rings. The highest BCUT2D eigenvalue weighted by atomic mass is 16.5. The zero-order valence-corrected chi connectivity index (χ0v) is 14.6. The first-order chi connectivity index (χ1) is 12.1. The summed E-state index contributed by atoms with van der Waals surface area (Å²) in [5, 5.41) is 0. The molecule has 3 rings (SSSR count). The zero-order chi connectivity index (χ0) is 17.8. The standard InChI is InChI=1S/C16H22N6O3/c1-20-7-6-17-14(15(20)23)21(2)10-12-11-22(8-9-25-12)16-18-5-4-13(19-16)24-3/h4-7,12H,8-11H2,1-3H3/t12-/m0/s1. The Balaban J connectivity index is 1.69. The van der Waals surface area contributed by atoms with Gasteiger partial charge in [-0.1, -0.05) is 0 Å². The second-order valence-electron chi connectivity index (χ2n) is 5.89. The monoisotopic (exact) mass is 346 g/mol. The molecule has 2 aromatic heterocycles. The van der Waals surface area contributed by atoms with Crippen molar-refractivity contribution < 1.29 is 9.47 Å². The Bertz CT molecular complexity index is 780. The van der Waals surface area contributed by atoms with Gasteiger partial charge < -0.3 is 23.8 Å². The van der Waals surface area contributed by atoms with E-state index < -0.39 is 0 Å². The topological polar surface area (TPSA) is 85.6 Å². The average Bonchev–Trinajstić information content (AvgIpc) is 2.64. The Morgan fingerprint density at radius 3 is 3.04 bits per heavy atom. The summed E-state index contributed by atoms with van der Waals surface area (Å²) in [7, 11) is 5.13. The number of methoxy groups -OCH3 is 1. The van der Waals surface area contributed by atoms with Crippen LogP contribution in [0.3, 0.4) is 0 Å². The molecule has 0 amide bonds. The Hall–Kier alpha value is -2.68. The summed E-state index contributed by atoms with van der Waals surface area (Å²) in [4.78, 5) is 28.9. The number of morpholine rings is 1. The summed E-state index contributed by atoms with van der Waals surface area (Å²) in [6.07, 6.45) is 4.85. The molecule has 0 unspecified atom stereocenters. The molecular formula is C16H22N6O3. The van der Waals surface area contributed by atoms with Crippen LogP contribution in [0.15, 0.2) is 29.5 Å². The maximum Gasteiger partial charge on any atom is 0.293 e. The Morgan fingerprint density at radius 2 is 2.24 bits per heavy atom. The van der Waals surface area contributed by atoms with Crippen molar-refractivity contribution in [2.24, 2.45) is 7.05 Å². The number of aromatic nitrogens is 4. The number of hydrogen-bond donors (Lipinski definition) is 0. The lowest BCUT2D eigenvalue weighted by Gasteiger charge is -2.34. The minimum absolute atomic E-state index is 0.0831. The van der Waals surface area contributed by atoms with Crippen LogP contribution in [-0.2, 0) is 11.8 Å². The first kappa shape index (κ1) is 17.2. The van der Waals surface area contributed by atoms with E-state index in [-0.39, 0.29) is 11.7 Å². The predicted octanol–water partition coefficient (Wildman–Crippen LogP) is -0.0795. The fourth-order valence-electron chi connectivity index (χ4n) is 2.75. The van der Waals surface area contributed by atoms with Gasteiger partial charge in [0.1, 0.15) is 0 Å². The van der Waals surface area contributed by atoms with Crippen LogP contribution in [0.4, 0.5) is 11.8 Å². The molecule has 3 heterocycles. The molecule has 0 aromatic carbocycles. The molecular weight excluding hydrogens is 324 g/mol. The van der Waals surface area contributed by atoms with Crippen LogP contribution in [0.5, 0.6) is 5.88 Å². The summed E-state index contributed by atoms with van der Waals surface area (Å²) in [6.45, 7) is 2.45. The van der Waals surface area contributed by atoms with Crippen molar-refractivity contribution in [3.05, 3.63) is 35.0 Å². The number of aryl methyl sites for hydroxylation is 1. The normalized spacial score (nSPS) is 17.4. The molecule has 25 heavy (non-hydrogen) atoms. The van der Waals surface area contributed by atoms with E-state index in [4.69, 9.17) is 9.47 Å². The molecule has 9 nitrogen and oxygen atoms in total. The first-order valence-corrected chi connectivity index (χ1v) is 8.05. The quantitative estimate of drug-likeness (QED) is 0.743. The van der Waals surface area contributed by atoms with Crippen molar-refractivity contribution in [3.8, 4) is 5.88 Å². The molecule has 2 aromatic rings. The fourth-order valence-corrected chi connectivity index (χ4v) is 2.75. The van der Waals surface area contributed by atoms with Crippen molar-refractivity contribution in [2.45, 2.75) is 6.10 Å². The van der Waals surface area contributed by atoms with E-state index in [1.807, 2.05) is 11.9 Å². The summed E-state index contributed by atoms with van der Waals surface area (Å²) in [5.41, 5.74) is -0.131. The van der Waals surface area contributed by atoms with Crippen LogP contribution in [0.2, 0.25) is 0 Å². The predicted molar refractivity (Wildman–Crippen MR) is 93.3 cm³/mol. The third-order valence-electron chi connectivity index (χ3n) is 4.09. The van der Waals surface area contributed by atoms with Crippen molar-refractivity contribution in [1.82, 2.24) is 19.5 Å². The van der Waals surface area contributed by atoms with Gasteiger partial charge in [-0.2, -0.15) is 4.98 Å². The molecule has 1 aliphatic heterocycles. The number of anilines is 2. The summed E-state index contributed by atoms with van der Waals surface area (Å²) >= 11 is 0. The van der Waals surface area contributed by atoms with Gasteiger partial charge in [0.2, 0.25) is 11.8 Å². The van der Waals surface area contributed by atoms with Gasteiger partial charge in [-0.3, -0.25) is 4.79 Å². The van der Waals surface area contributed by atoms with E-state index in [1.165, 1.54) is 4.57 Å². The van der Waals surface area contributed by atoms with E-state index >= 15 is 0 Å². The van der Waals surface area contributed by atoms with Crippen molar-refractivity contribution >= 4 is 11.8 Å². The molecule has 1 fully saturated rings. The van der Waals surface area contributed by atoms with Gasteiger partial charge in [0.15, 0.2) is 5.82 Å². The van der Waals surface area contributed by atoms with E-state index in [0.717, 1.165) is 0 Å². The number of hydrogen-bond acceptors (Lipinski definition) is 8. The highest BCUT2D eigenvalue weighted by Gasteiger charge is 2.25. The largest absolute Gasteiger partial charge is 0.481 e. The molecule has 134 valence electrons. The van der Waals surface area contributed by atoms with E-state index in [0.29, 0.717) is 43.9 Å². The minimum Gasteiger partial charge on any atom is -0.481 e. The highest BCUT2D eigenvalue weighted by molar-refractivity contribution is 5.36. The van der Waals surface area contributed by atoms with Crippen LogP contribution in [0.1, 0.15) is 0 Å². The molecule has 0 bridgehead atoms. The van der Waals surface area contributed by atoms with Gasteiger partial charge >= 0.3 is 0 Å². The van der Waals surface area contributed by atoms with Gasteiger partial charge in [-0.15, -0.1) is 0 Å². The number of nitrogens with zero attached hydrogens (tertiary/aromatic N) is 6. The van der Waals surface area contributed by atoms with Crippen LogP contribution < -0.4 is 20.1 Å². The maximum absolute atomic E-state index is 12.2. The molecule has 0 aliphatic carbocycles. The van der Waals surface area contributed by atoms with E-state index in [9.17, 15) is 4.79 Å². The van der Waals surface area contributed by atoms with Gasteiger partial charge in [-0.25, -0.2) is 9.97 Å².